The fraction of sp³-hybridized carbons (Fsp3) is 0.100. The summed E-state index contributed by atoms with van der Waals surface area (Å²) in [6.45, 7) is 2.01. The van der Waals surface area contributed by atoms with Gasteiger partial charge in [0.05, 0.1) is 18.1 Å². The van der Waals surface area contributed by atoms with Crippen LogP contribution in [0.5, 0.6) is 0 Å². The Balaban J connectivity index is 2.50. The summed E-state index contributed by atoms with van der Waals surface area (Å²) >= 11 is 3.25. The molecule has 4 heteroatoms. The highest BCUT2D eigenvalue weighted by atomic mass is 79.9. The zero-order valence-electron chi connectivity index (χ0n) is 7.61. The SMILES string of the molecule is Cc1cnccc1-c1cnc(Br)cn1. The lowest BCUT2D eigenvalue weighted by Gasteiger charge is -2.02. The number of nitrogens with zero attached hydrogens (tertiary/aromatic N) is 3. The molecule has 0 amide bonds. The van der Waals surface area contributed by atoms with E-state index in [9.17, 15) is 0 Å². The minimum absolute atomic E-state index is 0.743. The third kappa shape index (κ3) is 1.80. The van der Waals surface area contributed by atoms with E-state index in [1.807, 2.05) is 19.2 Å². The van der Waals surface area contributed by atoms with Gasteiger partial charge >= 0.3 is 0 Å². The predicted molar refractivity (Wildman–Crippen MR) is 57.7 cm³/mol. The molecule has 0 aromatic carbocycles. The highest BCUT2D eigenvalue weighted by molar-refractivity contribution is 9.10. The Morgan fingerprint density at radius 1 is 1.14 bits per heavy atom. The van der Waals surface area contributed by atoms with Crippen LogP contribution >= 0.6 is 15.9 Å². The number of halogens is 1. The molecule has 0 aliphatic heterocycles. The van der Waals surface area contributed by atoms with Crippen molar-refractivity contribution in [1.82, 2.24) is 15.0 Å². The van der Waals surface area contributed by atoms with E-state index in [1.54, 1.807) is 18.6 Å². The summed E-state index contributed by atoms with van der Waals surface area (Å²) < 4.78 is 0.743. The van der Waals surface area contributed by atoms with Gasteiger partial charge in [0.15, 0.2) is 0 Å². The number of aromatic nitrogens is 3. The first kappa shape index (κ1) is 9.27. The molecule has 0 aliphatic rings. The van der Waals surface area contributed by atoms with Crippen molar-refractivity contribution >= 4 is 15.9 Å². The zero-order valence-corrected chi connectivity index (χ0v) is 9.19. The molecule has 0 aliphatic carbocycles. The van der Waals surface area contributed by atoms with Crippen LogP contribution in [-0.4, -0.2) is 15.0 Å². The molecular formula is C10H8BrN3. The largest absolute Gasteiger partial charge is 0.264 e. The zero-order chi connectivity index (χ0) is 9.97. The molecule has 0 fully saturated rings. The standard InChI is InChI=1S/C10H8BrN3/c1-7-4-12-3-2-8(7)9-5-14-10(11)6-13-9/h2-6H,1H3. The molecule has 2 heterocycles. The Morgan fingerprint density at radius 3 is 2.64 bits per heavy atom. The molecule has 2 aromatic heterocycles. The lowest BCUT2D eigenvalue weighted by molar-refractivity contribution is 1.16. The average molecular weight is 250 g/mol. The second kappa shape index (κ2) is 3.84. The molecule has 0 radical (unpaired) electrons. The Labute approximate surface area is 90.4 Å². The number of hydrogen-bond donors (Lipinski definition) is 0. The van der Waals surface area contributed by atoms with Crippen molar-refractivity contribution in [2.75, 3.05) is 0 Å². The Hall–Kier alpha value is -1.29. The fourth-order valence-electron chi connectivity index (χ4n) is 1.21. The fourth-order valence-corrected chi connectivity index (χ4v) is 1.42. The van der Waals surface area contributed by atoms with Gasteiger partial charge in [0, 0.05) is 18.0 Å². The molecule has 0 saturated heterocycles. The maximum absolute atomic E-state index is 4.27. The maximum atomic E-state index is 4.27. The molecule has 0 spiro atoms. The molecule has 14 heavy (non-hydrogen) atoms. The van der Waals surface area contributed by atoms with Crippen molar-refractivity contribution in [3.63, 3.8) is 0 Å². The molecule has 2 rings (SSSR count). The van der Waals surface area contributed by atoms with E-state index < -0.39 is 0 Å². The molecule has 0 unspecified atom stereocenters. The number of hydrogen-bond acceptors (Lipinski definition) is 3. The van der Waals surface area contributed by atoms with E-state index in [-0.39, 0.29) is 0 Å². The third-order valence-electron chi connectivity index (χ3n) is 1.92. The highest BCUT2D eigenvalue weighted by Crippen LogP contribution is 2.19. The summed E-state index contributed by atoms with van der Waals surface area (Å²) in [5, 5.41) is 0. The summed E-state index contributed by atoms with van der Waals surface area (Å²) in [4.78, 5) is 12.4. The monoisotopic (exact) mass is 249 g/mol. The van der Waals surface area contributed by atoms with Crippen LogP contribution in [0.2, 0.25) is 0 Å². The van der Waals surface area contributed by atoms with Crippen LogP contribution in [0.25, 0.3) is 11.3 Å². The van der Waals surface area contributed by atoms with Crippen molar-refractivity contribution in [2.24, 2.45) is 0 Å². The van der Waals surface area contributed by atoms with E-state index in [0.29, 0.717) is 0 Å². The molecule has 3 nitrogen and oxygen atoms in total. The predicted octanol–water partition coefficient (Wildman–Crippen LogP) is 2.61. The van der Waals surface area contributed by atoms with Crippen LogP contribution in [0, 0.1) is 6.92 Å². The Bertz CT molecular complexity index is 439. The Kier molecular flexibility index (Phi) is 2.54. The first-order valence-electron chi connectivity index (χ1n) is 4.16. The molecule has 0 saturated carbocycles. The first-order valence-corrected chi connectivity index (χ1v) is 4.95. The summed E-state index contributed by atoms with van der Waals surface area (Å²) in [6.07, 6.45) is 7.01. The summed E-state index contributed by atoms with van der Waals surface area (Å²) in [7, 11) is 0. The van der Waals surface area contributed by atoms with E-state index >= 15 is 0 Å². The van der Waals surface area contributed by atoms with Gasteiger partial charge in [-0.25, -0.2) is 4.98 Å². The number of pyridine rings is 1. The topological polar surface area (TPSA) is 38.7 Å². The number of rotatable bonds is 1. The van der Waals surface area contributed by atoms with Crippen molar-refractivity contribution in [3.8, 4) is 11.3 Å². The molecule has 2 aromatic rings. The van der Waals surface area contributed by atoms with Gasteiger partial charge < -0.3 is 0 Å². The van der Waals surface area contributed by atoms with E-state index in [1.165, 1.54) is 0 Å². The van der Waals surface area contributed by atoms with Crippen molar-refractivity contribution in [3.05, 3.63) is 41.0 Å². The molecule has 0 bridgehead atoms. The van der Waals surface area contributed by atoms with Crippen molar-refractivity contribution in [2.45, 2.75) is 6.92 Å². The minimum atomic E-state index is 0.743. The summed E-state index contributed by atoms with van der Waals surface area (Å²) in [5.41, 5.74) is 3.04. The van der Waals surface area contributed by atoms with Crippen LogP contribution in [-0.2, 0) is 0 Å². The third-order valence-corrected chi connectivity index (χ3v) is 2.33. The lowest BCUT2D eigenvalue weighted by atomic mass is 10.1. The quantitative estimate of drug-likeness (QED) is 0.780. The van der Waals surface area contributed by atoms with Gasteiger partial charge in [0.25, 0.3) is 0 Å². The van der Waals surface area contributed by atoms with E-state index in [0.717, 1.165) is 21.4 Å². The van der Waals surface area contributed by atoms with Crippen LogP contribution in [0.1, 0.15) is 5.56 Å². The minimum Gasteiger partial charge on any atom is -0.264 e. The lowest BCUT2D eigenvalue weighted by Crippen LogP contribution is -1.89. The second-order valence-corrected chi connectivity index (χ2v) is 3.73. The van der Waals surface area contributed by atoms with Gasteiger partial charge in [-0.05, 0) is 34.5 Å². The van der Waals surface area contributed by atoms with Gasteiger partial charge in [0.2, 0.25) is 0 Å². The summed E-state index contributed by atoms with van der Waals surface area (Å²) in [6, 6.07) is 1.94. The van der Waals surface area contributed by atoms with Gasteiger partial charge in [0.1, 0.15) is 4.60 Å². The Morgan fingerprint density at radius 2 is 2.00 bits per heavy atom. The van der Waals surface area contributed by atoms with E-state index in [4.69, 9.17) is 0 Å². The smallest absolute Gasteiger partial charge is 0.124 e. The van der Waals surface area contributed by atoms with Gasteiger partial charge in [-0.3, -0.25) is 9.97 Å². The maximum Gasteiger partial charge on any atom is 0.124 e. The first-order chi connectivity index (χ1) is 6.77. The molecule has 70 valence electrons. The normalized spacial score (nSPS) is 10.1. The van der Waals surface area contributed by atoms with Gasteiger partial charge in [-0.15, -0.1) is 0 Å². The van der Waals surface area contributed by atoms with E-state index in [2.05, 4.69) is 30.9 Å². The van der Waals surface area contributed by atoms with Crippen molar-refractivity contribution < 1.29 is 0 Å². The highest BCUT2D eigenvalue weighted by Gasteiger charge is 2.02. The van der Waals surface area contributed by atoms with Gasteiger partial charge in [-0.1, -0.05) is 0 Å². The van der Waals surface area contributed by atoms with Crippen LogP contribution < -0.4 is 0 Å². The molecule has 0 atom stereocenters. The molecule has 0 N–H and O–H groups in total. The average Bonchev–Trinajstić information content (AvgIpc) is 2.20. The van der Waals surface area contributed by atoms with Crippen molar-refractivity contribution in [1.29, 1.82) is 0 Å². The second-order valence-electron chi connectivity index (χ2n) is 2.91. The molecular weight excluding hydrogens is 242 g/mol. The van der Waals surface area contributed by atoms with Crippen LogP contribution in [0.15, 0.2) is 35.5 Å². The summed E-state index contributed by atoms with van der Waals surface area (Å²) in [5.74, 6) is 0. The van der Waals surface area contributed by atoms with Crippen LogP contribution in [0.3, 0.4) is 0 Å². The van der Waals surface area contributed by atoms with Crippen LogP contribution in [0.4, 0.5) is 0 Å². The van der Waals surface area contributed by atoms with Gasteiger partial charge in [-0.2, -0.15) is 0 Å². The number of aryl methyl sites for hydroxylation is 1.